The summed E-state index contributed by atoms with van der Waals surface area (Å²) in [4.78, 5) is 4.15. The van der Waals surface area contributed by atoms with Crippen LogP contribution in [0.5, 0.6) is 0 Å². The van der Waals surface area contributed by atoms with Crippen molar-refractivity contribution in [1.82, 2.24) is 20.5 Å². The van der Waals surface area contributed by atoms with Crippen LogP contribution in [-0.4, -0.2) is 21.2 Å². The molecule has 0 aromatic carbocycles. The smallest absolute Gasteiger partial charge is 0.315 e. The van der Waals surface area contributed by atoms with Gasteiger partial charge in [-0.05, 0) is 0 Å². The second-order valence-corrected chi connectivity index (χ2v) is 4.59. The van der Waals surface area contributed by atoms with Gasteiger partial charge in [-0.1, -0.05) is 18.9 Å². The number of aromatic nitrogens is 3. The maximum atomic E-state index is 5.41. The molecule has 0 aliphatic rings. The van der Waals surface area contributed by atoms with Gasteiger partial charge in [-0.25, -0.2) is 4.98 Å². The van der Waals surface area contributed by atoms with E-state index in [9.17, 15) is 0 Å². The Labute approximate surface area is 103 Å². The highest BCUT2D eigenvalue weighted by Gasteiger charge is 2.06. The van der Waals surface area contributed by atoms with Gasteiger partial charge in [0.05, 0.1) is 24.3 Å². The molecule has 0 aliphatic carbocycles. The van der Waals surface area contributed by atoms with Gasteiger partial charge in [0.1, 0.15) is 0 Å². The van der Waals surface area contributed by atoms with Crippen LogP contribution in [0.2, 0.25) is 0 Å². The van der Waals surface area contributed by atoms with E-state index in [0.29, 0.717) is 31.0 Å². The molecule has 0 spiro atoms. The summed E-state index contributed by atoms with van der Waals surface area (Å²) in [6.07, 6.45) is 0. The lowest BCUT2D eigenvalue weighted by Crippen LogP contribution is -2.21. The molecule has 0 bridgehead atoms. The average Bonchev–Trinajstić information content (AvgIpc) is 2.95. The molecular formula is C10H15N5OS. The minimum absolute atomic E-state index is 0.397. The highest BCUT2D eigenvalue weighted by molar-refractivity contribution is 7.07. The Kier molecular flexibility index (Phi) is 4.05. The lowest BCUT2D eigenvalue weighted by molar-refractivity contribution is 0.458. The molecule has 0 aliphatic heterocycles. The summed E-state index contributed by atoms with van der Waals surface area (Å²) in [5.74, 6) is 0.583. The van der Waals surface area contributed by atoms with Gasteiger partial charge in [-0.15, -0.1) is 16.4 Å². The normalized spacial score (nSPS) is 11.0. The minimum Gasteiger partial charge on any atom is -0.407 e. The van der Waals surface area contributed by atoms with Gasteiger partial charge in [-0.3, -0.25) is 0 Å². The third kappa shape index (κ3) is 3.79. The van der Waals surface area contributed by atoms with Crippen molar-refractivity contribution in [3.8, 4) is 0 Å². The Morgan fingerprint density at radius 2 is 2.24 bits per heavy atom. The van der Waals surface area contributed by atoms with Crippen molar-refractivity contribution in [2.24, 2.45) is 0 Å². The molecular weight excluding hydrogens is 238 g/mol. The van der Waals surface area contributed by atoms with Crippen molar-refractivity contribution in [2.45, 2.75) is 33.0 Å². The Hall–Kier alpha value is -1.47. The Morgan fingerprint density at radius 1 is 1.35 bits per heavy atom. The van der Waals surface area contributed by atoms with Crippen LogP contribution in [-0.2, 0) is 13.1 Å². The molecule has 2 aromatic heterocycles. The summed E-state index contributed by atoms with van der Waals surface area (Å²) >= 11 is 1.56. The minimum atomic E-state index is 0.397. The molecule has 6 nitrogen and oxygen atoms in total. The van der Waals surface area contributed by atoms with E-state index in [2.05, 4.69) is 39.7 Å². The molecule has 0 radical (unpaired) electrons. The number of hydrogen-bond acceptors (Lipinski definition) is 7. The number of thiazole rings is 1. The van der Waals surface area contributed by atoms with Gasteiger partial charge < -0.3 is 15.1 Å². The van der Waals surface area contributed by atoms with Crippen LogP contribution in [0.3, 0.4) is 0 Å². The van der Waals surface area contributed by atoms with E-state index in [1.165, 1.54) is 0 Å². The highest BCUT2D eigenvalue weighted by atomic mass is 32.1. The van der Waals surface area contributed by atoms with E-state index in [1.54, 1.807) is 16.8 Å². The van der Waals surface area contributed by atoms with Gasteiger partial charge in [0.15, 0.2) is 0 Å². The Morgan fingerprint density at radius 3 is 2.94 bits per heavy atom. The summed E-state index contributed by atoms with van der Waals surface area (Å²) < 4.78 is 5.41. The number of nitrogens with zero attached hydrogens (tertiary/aromatic N) is 3. The third-order valence-electron chi connectivity index (χ3n) is 2.03. The van der Waals surface area contributed by atoms with Crippen LogP contribution in [0.25, 0.3) is 0 Å². The SMILES string of the molecule is CC(C)NCc1nnc(NCc2cscn2)o1. The van der Waals surface area contributed by atoms with Gasteiger partial charge in [0.25, 0.3) is 0 Å². The first kappa shape index (κ1) is 12.0. The summed E-state index contributed by atoms with van der Waals surface area (Å²) in [6, 6.07) is 0.826. The molecule has 2 rings (SSSR count). The molecule has 0 saturated carbocycles. The predicted molar refractivity (Wildman–Crippen MR) is 65.7 cm³/mol. The first-order chi connectivity index (χ1) is 8.24. The molecule has 92 valence electrons. The summed E-state index contributed by atoms with van der Waals surface area (Å²) in [7, 11) is 0. The molecule has 2 N–H and O–H groups in total. The zero-order valence-electron chi connectivity index (χ0n) is 9.80. The standard InChI is InChI=1S/C10H15N5OS/c1-7(2)11-4-9-14-15-10(16-9)12-3-8-5-17-6-13-8/h5-7,11H,3-4H2,1-2H3,(H,12,15). The van der Waals surface area contributed by atoms with Gasteiger partial charge in [0.2, 0.25) is 5.89 Å². The molecule has 0 unspecified atom stereocenters. The molecule has 0 fully saturated rings. The van der Waals surface area contributed by atoms with Crippen LogP contribution < -0.4 is 10.6 Å². The summed E-state index contributed by atoms with van der Waals surface area (Å²) in [6.45, 7) is 5.32. The van der Waals surface area contributed by atoms with Crippen molar-refractivity contribution < 1.29 is 4.42 Å². The summed E-state index contributed by atoms with van der Waals surface area (Å²) in [5, 5.41) is 16.0. The van der Waals surface area contributed by atoms with Gasteiger partial charge >= 0.3 is 6.01 Å². The molecule has 0 saturated heterocycles. The Balaban J connectivity index is 1.81. The largest absolute Gasteiger partial charge is 0.407 e. The second kappa shape index (κ2) is 5.74. The number of rotatable bonds is 6. The number of hydrogen-bond donors (Lipinski definition) is 2. The Bertz CT molecular complexity index is 439. The molecule has 17 heavy (non-hydrogen) atoms. The maximum Gasteiger partial charge on any atom is 0.315 e. The zero-order chi connectivity index (χ0) is 12.1. The van der Waals surface area contributed by atoms with Crippen molar-refractivity contribution in [3.05, 3.63) is 22.5 Å². The summed E-state index contributed by atoms with van der Waals surface area (Å²) in [5.41, 5.74) is 2.76. The topological polar surface area (TPSA) is 75.9 Å². The van der Waals surface area contributed by atoms with Crippen molar-refractivity contribution in [2.75, 3.05) is 5.32 Å². The van der Waals surface area contributed by atoms with Crippen LogP contribution in [0, 0.1) is 0 Å². The third-order valence-corrected chi connectivity index (χ3v) is 2.67. The van der Waals surface area contributed by atoms with E-state index >= 15 is 0 Å². The van der Waals surface area contributed by atoms with E-state index in [1.807, 2.05) is 5.38 Å². The van der Waals surface area contributed by atoms with Gasteiger partial charge in [0, 0.05) is 11.4 Å². The first-order valence-electron chi connectivity index (χ1n) is 5.40. The van der Waals surface area contributed by atoms with Crippen molar-refractivity contribution in [1.29, 1.82) is 0 Å². The van der Waals surface area contributed by atoms with Crippen LogP contribution in [0.4, 0.5) is 6.01 Å². The van der Waals surface area contributed by atoms with E-state index in [-0.39, 0.29) is 0 Å². The van der Waals surface area contributed by atoms with Crippen LogP contribution in [0.15, 0.2) is 15.3 Å². The van der Waals surface area contributed by atoms with Gasteiger partial charge in [-0.2, -0.15) is 0 Å². The molecule has 0 atom stereocenters. The molecule has 2 aromatic rings. The quantitative estimate of drug-likeness (QED) is 0.815. The molecule has 2 heterocycles. The maximum absolute atomic E-state index is 5.41. The number of anilines is 1. The van der Waals surface area contributed by atoms with Crippen LogP contribution in [0.1, 0.15) is 25.4 Å². The monoisotopic (exact) mass is 253 g/mol. The zero-order valence-corrected chi connectivity index (χ0v) is 10.6. The predicted octanol–water partition coefficient (Wildman–Crippen LogP) is 1.64. The first-order valence-corrected chi connectivity index (χ1v) is 6.35. The van der Waals surface area contributed by atoms with Crippen LogP contribution >= 0.6 is 11.3 Å². The lowest BCUT2D eigenvalue weighted by Gasteiger charge is -2.03. The number of nitrogens with one attached hydrogen (secondary N) is 2. The molecule has 7 heteroatoms. The molecule has 0 amide bonds. The van der Waals surface area contributed by atoms with E-state index in [4.69, 9.17) is 4.42 Å². The van der Waals surface area contributed by atoms with E-state index < -0.39 is 0 Å². The van der Waals surface area contributed by atoms with E-state index in [0.717, 1.165) is 5.69 Å². The lowest BCUT2D eigenvalue weighted by atomic mass is 10.4. The fourth-order valence-electron chi connectivity index (χ4n) is 1.18. The van der Waals surface area contributed by atoms with Crippen molar-refractivity contribution >= 4 is 17.4 Å². The fraction of sp³-hybridized carbons (Fsp3) is 0.500. The second-order valence-electron chi connectivity index (χ2n) is 3.87. The average molecular weight is 253 g/mol. The highest BCUT2D eigenvalue weighted by Crippen LogP contribution is 2.08. The van der Waals surface area contributed by atoms with Crippen molar-refractivity contribution in [3.63, 3.8) is 0 Å². The fourth-order valence-corrected chi connectivity index (χ4v) is 1.74.